The molecule has 29 heavy (non-hydrogen) atoms. The molecular formula is C21H19FN4O3. The number of halogens is 1. The van der Waals surface area contributed by atoms with E-state index in [4.69, 9.17) is 4.74 Å². The molecule has 0 bridgehead atoms. The van der Waals surface area contributed by atoms with Gasteiger partial charge in [0.25, 0.3) is 11.5 Å². The standard InChI is InChI=1S/C21H19FN4O3/c22-14-6-1-4-13(10-14)5-2-9-26-21(28)15-12-18-16(11-17(15)23-24-26)20(27)25-8-3-7-19(25)29-18/h1,4,6,10-12,19H,2-3,5,7-9H2. The lowest BCUT2D eigenvalue weighted by atomic mass is 10.1. The van der Waals surface area contributed by atoms with E-state index in [-0.39, 0.29) is 23.5 Å². The molecule has 1 unspecified atom stereocenters. The Morgan fingerprint density at radius 1 is 1.21 bits per heavy atom. The minimum Gasteiger partial charge on any atom is -0.470 e. The van der Waals surface area contributed by atoms with Gasteiger partial charge in [-0.05, 0) is 49.1 Å². The molecule has 2 aliphatic heterocycles. The number of carbonyl (C=O) groups is 1. The number of aryl methyl sites for hydroxylation is 2. The number of ether oxygens (including phenoxy) is 1. The summed E-state index contributed by atoms with van der Waals surface area (Å²) in [5.74, 6) is 0.0732. The Morgan fingerprint density at radius 2 is 2.10 bits per heavy atom. The summed E-state index contributed by atoms with van der Waals surface area (Å²) in [7, 11) is 0. The van der Waals surface area contributed by atoms with Gasteiger partial charge in [-0.1, -0.05) is 17.3 Å². The lowest BCUT2D eigenvalue weighted by Gasteiger charge is -2.31. The maximum absolute atomic E-state index is 13.3. The number of rotatable bonds is 4. The van der Waals surface area contributed by atoms with Crippen molar-refractivity contribution in [3.8, 4) is 5.75 Å². The highest BCUT2D eigenvalue weighted by molar-refractivity contribution is 6.01. The zero-order valence-corrected chi connectivity index (χ0v) is 15.7. The predicted octanol–water partition coefficient (Wildman–Crippen LogP) is 2.52. The van der Waals surface area contributed by atoms with Crippen molar-refractivity contribution in [2.45, 2.75) is 38.5 Å². The van der Waals surface area contributed by atoms with Crippen molar-refractivity contribution >= 4 is 16.8 Å². The first-order valence-electron chi connectivity index (χ1n) is 9.74. The highest BCUT2D eigenvalue weighted by atomic mass is 19.1. The fourth-order valence-corrected chi connectivity index (χ4v) is 4.03. The van der Waals surface area contributed by atoms with E-state index >= 15 is 0 Å². The van der Waals surface area contributed by atoms with Gasteiger partial charge in [0, 0.05) is 19.5 Å². The van der Waals surface area contributed by atoms with Crippen LogP contribution < -0.4 is 10.3 Å². The first-order chi connectivity index (χ1) is 14.1. The summed E-state index contributed by atoms with van der Waals surface area (Å²) >= 11 is 0. The Bertz CT molecular complexity index is 1180. The predicted molar refractivity (Wildman–Crippen MR) is 103 cm³/mol. The summed E-state index contributed by atoms with van der Waals surface area (Å²) in [5.41, 5.74) is 1.40. The van der Waals surface area contributed by atoms with Crippen LogP contribution in [0.1, 0.15) is 35.2 Å². The van der Waals surface area contributed by atoms with Crippen molar-refractivity contribution in [1.82, 2.24) is 19.9 Å². The summed E-state index contributed by atoms with van der Waals surface area (Å²) in [6, 6.07) is 9.61. The van der Waals surface area contributed by atoms with Gasteiger partial charge in [-0.3, -0.25) is 9.59 Å². The molecule has 3 aromatic rings. The van der Waals surface area contributed by atoms with E-state index in [0.717, 1.165) is 18.4 Å². The number of carbonyl (C=O) groups excluding carboxylic acids is 1. The summed E-state index contributed by atoms with van der Waals surface area (Å²) in [6.07, 6.45) is 2.70. The quantitative estimate of drug-likeness (QED) is 0.680. The van der Waals surface area contributed by atoms with Crippen molar-refractivity contribution < 1.29 is 13.9 Å². The van der Waals surface area contributed by atoms with Gasteiger partial charge in [0.2, 0.25) is 0 Å². The molecule has 0 radical (unpaired) electrons. The highest BCUT2D eigenvalue weighted by Crippen LogP contribution is 2.34. The second-order valence-corrected chi connectivity index (χ2v) is 7.43. The van der Waals surface area contributed by atoms with E-state index in [1.54, 1.807) is 23.1 Å². The van der Waals surface area contributed by atoms with Gasteiger partial charge in [-0.2, -0.15) is 0 Å². The van der Waals surface area contributed by atoms with Crippen LogP contribution in [-0.4, -0.2) is 38.6 Å². The molecule has 0 aliphatic carbocycles. The third kappa shape index (κ3) is 3.14. The zero-order valence-electron chi connectivity index (χ0n) is 15.7. The Morgan fingerprint density at radius 3 is 2.97 bits per heavy atom. The second-order valence-electron chi connectivity index (χ2n) is 7.43. The number of aromatic nitrogens is 3. The smallest absolute Gasteiger partial charge is 0.277 e. The van der Waals surface area contributed by atoms with Gasteiger partial charge in [0.15, 0.2) is 6.23 Å². The molecule has 7 nitrogen and oxygen atoms in total. The average molecular weight is 394 g/mol. The summed E-state index contributed by atoms with van der Waals surface area (Å²) < 4.78 is 20.5. The Hall–Kier alpha value is -3.29. The van der Waals surface area contributed by atoms with Crippen LogP contribution in [0.2, 0.25) is 0 Å². The third-order valence-electron chi connectivity index (χ3n) is 5.50. The lowest BCUT2D eigenvalue weighted by Crippen LogP contribution is -2.43. The number of hydrogen-bond donors (Lipinski definition) is 0. The van der Waals surface area contributed by atoms with Crippen LogP contribution in [0.5, 0.6) is 5.75 Å². The van der Waals surface area contributed by atoms with Crippen LogP contribution in [-0.2, 0) is 13.0 Å². The highest BCUT2D eigenvalue weighted by Gasteiger charge is 2.37. The number of nitrogens with zero attached hydrogens (tertiary/aromatic N) is 4. The van der Waals surface area contributed by atoms with Crippen molar-refractivity contribution in [2.75, 3.05) is 6.54 Å². The second kappa shape index (κ2) is 6.95. The molecule has 1 amide bonds. The van der Waals surface area contributed by atoms with Gasteiger partial charge < -0.3 is 9.64 Å². The molecule has 1 atom stereocenters. The van der Waals surface area contributed by atoms with E-state index < -0.39 is 0 Å². The largest absolute Gasteiger partial charge is 0.470 e. The minimum atomic E-state index is -0.276. The number of hydrogen-bond acceptors (Lipinski definition) is 5. The van der Waals surface area contributed by atoms with Crippen LogP contribution in [0, 0.1) is 5.82 Å². The number of fused-ring (bicyclic) bond motifs is 3. The van der Waals surface area contributed by atoms with E-state index in [2.05, 4.69) is 10.3 Å². The molecule has 8 heteroatoms. The van der Waals surface area contributed by atoms with Gasteiger partial charge in [-0.15, -0.1) is 5.10 Å². The van der Waals surface area contributed by atoms with Gasteiger partial charge in [-0.25, -0.2) is 9.07 Å². The van der Waals surface area contributed by atoms with Crippen LogP contribution in [0.4, 0.5) is 4.39 Å². The molecule has 148 valence electrons. The van der Waals surface area contributed by atoms with Gasteiger partial charge in [0.1, 0.15) is 17.1 Å². The fourth-order valence-electron chi connectivity index (χ4n) is 4.03. The molecule has 5 rings (SSSR count). The van der Waals surface area contributed by atoms with Crippen molar-refractivity contribution in [1.29, 1.82) is 0 Å². The molecule has 1 fully saturated rings. The van der Waals surface area contributed by atoms with E-state index in [0.29, 0.717) is 48.1 Å². The van der Waals surface area contributed by atoms with Crippen LogP contribution in [0.3, 0.4) is 0 Å². The van der Waals surface area contributed by atoms with Crippen molar-refractivity contribution in [2.24, 2.45) is 0 Å². The molecule has 0 spiro atoms. The van der Waals surface area contributed by atoms with Crippen molar-refractivity contribution in [3.63, 3.8) is 0 Å². The number of benzene rings is 2. The van der Waals surface area contributed by atoms with Crippen molar-refractivity contribution in [3.05, 3.63) is 63.7 Å². The SMILES string of the molecule is O=C1c2cc3nnn(CCCc4cccc(F)c4)c(=O)c3cc2OC2CCCN12. The molecule has 1 aromatic heterocycles. The molecule has 0 saturated carbocycles. The topological polar surface area (TPSA) is 77.3 Å². The fraction of sp³-hybridized carbons (Fsp3) is 0.333. The molecule has 2 aromatic carbocycles. The zero-order chi connectivity index (χ0) is 20.0. The van der Waals surface area contributed by atoms with Gasteiger partial charge >= 0.3 is 0 Å². The first kappa shape index (κ1) is 17.8. The Balaban J connectivity index is 1.41. The first-order valence-corrected chi connectivity index (χ1v) is 9.74. The third-order valence-corrected chi connectivity index (χ3v) is 5.50. The maximum atomic E-state index is 13.3. The molecule has 0 N–H and O–H groups in total. The van der Waals surface area contributed by atoms with Crippen LogP contribution >= 0.6 is 0 Å². The maximum Gasteiger partial charge on any atom is 0.277 e. The van der Waals surface area contributed by atoms with Crippen LogP contribution in [0.15, 0.2) is 41.2 Å². The normalized spacial score (nSPS) is 17.9. The summed E-state index contributed by atoms with van der Waals surface area (Å²) in [5, 5.41) is 8.52. The molecular weight excluding hydrogens is 375 g/mol. The van der Waals surface area contributed by atoms with E-state index in [1.807, 2.05) is 6.07 Å². The van der Waals surface area contributed by atoms with Crippen LogP contribution in [0.25, 0.3) is 10.9 Å². The Labute approximate surface area is 165 Å². The number of amides is 1. The summed E-state index contributed by atoms with van der Waals surface area (Å²) in [4.78, 5) is 27.3. The molecule has 2 aliphatic rings. The molecule has 3 heterocycles. The Kier molecular flexibility index (Phi) is 4.26. The summed E-state index contributed by atoms with van der Waals surface area (Å²) in [6.45, 7) is 1.05. The monoisotopic (exact) mass is 394 g/mol. The minimum absolute atomic E-state index is 0.0864. The average Bonchev–Trinajstić information content (AvgIpc) is 3.18. The van der Waals surface area contributed by atoms with E-state index in [1.165, 1.54) is 16.8 Å². The molecule has 1 saturated heterocycles. The lowest BCUT2D eigenvalue weighted by molar-refractivity contribution is 0.0295. The van der Waals surface area contributed by atoms with Gasteiger partial charge in [0.05, 0.1) is 10.9 Å². The van der Waals surface area contributed by atoms with E-state index in [9.17, 15) is 14.0 Å².